The molecule has 0 spiro atoms. The third-order valence-electron chi connectivity index (χ3n) is 2.49. The van der Waals surface area contributed by atoms with Crippen LogP contribution in [0.4, 0.5) is 0 Å². The lowest BCUT2D eigenvalue weighted by molar-refractivity contribution is 0.0952. The zero-order valence-electron chi connectivity index (χ0n) is 10.7. The SMILES string of the molecule is CN(C)CCCCNC(=O)c1ccc(Cl)cc1Br. The van der Waals surface area contributed by atoms with Crippen LogP contribution in [0, 0.1) is 0 Å². The van der Waals surface area contributed by atoms with Crippen molar-refractivity contribution >= 4 is 33.4 Å². The normalized spacial score (nSPS) is 10.7. The number of unbranched alkanes of at least 4 members (excludes halogenated alkanes) is 1. The molecule has 1 N–H and O–H groups in total. The first-order valence-corrected chi connectivity index (χ1v) is 7.06. The van der Waals surface area contributed by atoms with Crippen LogP contribution < -0.4 is 5.32 Å². The Balaban J connectivity index is 2.36. The average Bonchev–Trinajstić information content (AvgIpc) is 2.27. The minimum atomic E-state index is -0.0663. The molecule has 0 aliphatic heterocycles. The van der Waals surface area contributed by atoms with Gasteiger partial charge in [0.1, 0.15) is 0 Å². The molecule has 1 aromatic carbocycles. The van der Waals surface area contributed by atoms with Gasteiger partial charge >= 0.3 is 0 Å². The molecule has 0 heterocycles. The summed E-state index contributed by atoms with van der Waals surface area (Å²) in [6.07, 6.45) is 2.06. The smallest absolute Gasteiger partial charge is 0.252 e. The van der Waals surface area contributed by atoms with E-state index in [1.807, 2.05) is 14.1 Å². The summed E-state index contributed by atoms with van der Waals surface area (Å²) < 4.78 is 0.723. The van der Waals surface area contributed by atoms with Crippen molar-refractivity contribution < 1.29 is 4.79 Å². The topological polar surface area (TPSA) is 32.3 Å². The van der Waals surface area contributed by atoms with Crippen molar-refractivity contribution in [2.24, 2.45) is 0 Å². The molecule has 0 bridgehead atoms. The monoisotopic (exact) mass is 332 g/mol. The molecule has 18 heavy (non-hydrogen) atoms. The molecule has 0 aliphatic rings. The Bertz CT molecular complexity index is 410. The summed E-state index contributed by atoms with van der Waals surface area (Å²) in [7, 11) is 4.09. The molecule has 100 valence electrons. The predicted octanol–water partition coefficient (Wildman–Crippen LogP) is 3.17. The highest BCUT2D eigenvalue weighted by Crippen LogP contribution is 2.21. The Morgan fingerprint density at radius 1 is 1.39 bits per heavy atom. The van der Waals surface area contributed by atoms with E-state index < -0.39 is 0 Å². The lowest BCUT2D eigenvalue weighted by atomic mass is 10.2. The molecule has 0 radical (unpaired) electrons. The molecule has 0 fully saturated rings. The number of rotatable bonds is 6. The van der Waals surface area contributed by atoms with E-state index in [0.717, 1.165) is 23.9 Å². The van der Waals surface area contributed by atoms with E-state index in [4.69, 9.17) is 11.6 Å². The molecule has 0 saturated carbocycles. The fourth-order valence-electron chi connectivity index (χ4n) is 1.52. The van der Waals surface area contributed by atoms with Gasteiger partial charge in [-0.1, -0.05) is 11.6 Å². The van der Waals surface area contributed by atoms with E-state index >= 15 is 0 Å². The van der Waals surface area contributed by atoms with Crippen LogP contribution in [0.2, 0.25) is 5.02 Å². The zero-order valence-corrected chi connectivity index (χ0v) is 13.0. The zero-order chi connectivity index (χ0) is 13.5. The lowest BCUT2D eigenvalue weighted by Gasteiger charge is -2.10. The van der Waals surface area contributed by atoms with Gasteiger partial charge in [-0.2, -0.15) is 0 Å². The summed E-state index contributed by atoms with van der Waals surface area (Å²) in [5, 5.41) is 3.52. The fraction of sp³-hybridized carbons (Fsp3) is 0.462. The van der Waals surface area contributed by atoms with Gasteiger partial charge in [-0.15, -0.1) is 0 Å². The van der Waals surface area contributed by atoms with Gasteiger partial charge < -0.3 is 10.2 Å². The van der Waals surface area contributed by atoms with Crippen LogP contribution in [0.5, 0.6) is 0 Å². The lowest BCUT2D eigenvalue weighted by Crippen LogP contribution is -2.25. The molecule has 1 amide bonds. The van der Waals surface area contributed by atoms with Gasteiger partial charge in [0, 0.05) is 16.0 Å². The predicted molar refractivity (Wildman–Crippen MR) is 79.3 cm³/mol. The van der Waals surface area contributed by atoms with E-state index in [1.54, 1.807) is 18.2 Å². The second kappa shape index (κ2) is 7.77. The van der Waals surface area contributed by atoms with Crippen molar-refractivity contribution in [3.8, 4) is 0 Å². The second-order valence-corrected chi connectivity index (χ2v) is 5.68. The van der Waals surface area contributed by atoms with E-state index in [1.165, 1.54) is 0 Å². The van der Waals surface area contributed by atoms with Crippen LogP contribution in [0.3, 0.4) is 0 Å². The standard InChI is InChI=1S/C13H18BrClN2O/c1-17(2)8-4-3-7-16-13(18)11-6-5-10(15)9-12(11)14/h5-6,9H,3-4,7-8H2,1-2H3,(H,16,18). The first-order valence-electron chi connectivity index (χ1n) is 5.88. The number of halogens is 2. The summed E-state index contributed by atoms with van der Waals surface area (Å²) >= 11 is 9.17. The third kappa shape index (κ3) is 5.38. The van der Waals surface area contributed by atoms with Gasteiger partial charge in [-0.3, -0.25) is 4.79 Å². The molecular formula is C13H18BrClN2O. The van der Waals surface area contributed by atoms with Crippen LogP contribution >= 0.6 is 27.5 Å². The van der Waals surface area contributed by atoms with Crippen LogP contribution in [0.25, 0.3) is 0 Å². The van der Waals surface area contributed by atoms with Crippen LogP contribution in [0.1, 0.15) is 23.2 Å². The van der Waals surface area contributed by atoms with E-state index in [-0.39, 0.29) is 5.91 Å². The quantitative estimate of drug-likeness (QED) is 0.811. The van der Waals surface area contributed by atoms with Gasteiger partial charge in [0.15, 0.2) is 0 Å². The third-order valence-corrected chi connectivity index (χ3v) is 3.38. The fourth-order valence-corrected chi connectivity index (χ4v) is 2.39. The summed E-state index contributed by atoms with van der Waals surface area (Å²) in [6.45, 7) is 1.74. The molecule has 0 atom stereocenters. The van der Waals surface area contributed by atoms with Crippen molar-refractivity contribution in [3.05, 3.63) is 33.3 Å². The first-order chi connectivity index (χ1) is 8.50. The highest BCUT2D eigenvalue weighted by molar-refractivity contribution is 9.10. The first kappa shape index (κ1) is 15.5. The van der Waals surface area contributed by atoms with E-state index in [9.17, 15) is 4.79 Å². The van der Waals surface area contributed by atoms with Crippen molar-refractivity contribution in [1.29, 1.82) is 0 Å². The Morgan fingerprint density at radius 2 is 2.11 bits per heavy atom. The minimum Gasteiger partial charge on any atom is -0.352 e. The number of carbonyl (C=O) groups is 1. The van der Waals surface area contributed by atoms with Gasteiger partial charge in [0.05, 0.1) is 5.56 Å². The van der Waals surface area contributed by atoms with Gasteiger partial charge in [-0.05, 0) is 67.6 Å². The molecule has 1 rings (SSSR count). The Kier molecular flexibility index (Phi) is 6.68. The Hall–Kier alpha value is -0.580. The maximum Gasteiger partial charge on any atom is 0.252 e. The Labute approximate surface area is 122 Å². The van der Waals surface area contributed by atoms with Crippen LogP contribution in [0.15, 0.2) is 22.7 Å². The van der Waals surface area contributed by atoms with Crippen molar-refractivity contribution in [2.45, 2.75) is 12.8 Å². The minimum absolute atomic E-state index is 0.0663. The molecular weight excluding hydrogens is 316 g/mol. The van der Waals surface area contributed by atoms with Gasteiger partial charge in [-0.25, -0.2) is 0 Å². The number of nitrogens with one attached hydrogen (secondary N) is 1. The number of amides is 1. The maximum absolute atomic E-state index is 11.9. The summed E-state index contributed by atoms with van der Waals surface area (Å²) in [4.78, 5) is 14.0. The molecule has 0 saturated heterocycles. The number of benzene rings is 1. The number of carbonyl (C=O) groups excluding carboxylic acids is 1. The van der Waals surface area contributed by atoms with Crippen molar-refractivity contribution in [2.75, 3.05) is 27.2 Å². The molecule has 0 unspecified atom stereocenters. The van der Waals surface area contributed by atoms with Gasteiger partial charge in [0.2, 0.25) is 0 Å². The second-order valence-electron chi connectivity index (χ2n) is 4.39. The average molecular weight is 334 g/mol. The molecule has 5 heteroatoms. The highest BCUT2D eigenvalue weighted by Gasteiger charge is 2.09. The van der Waals surface area contributed by atoms with Crippen LogP contribution in [-0.4, -0.2) is 38.0 Å². The van der Waals surface area contributed by atoms with E-state index in [0.29, 0.717) is 17.1 Å². The number of nitrogens with zero attached hydrogens (tertiary/aromatic N) is 1. The van der Waals surface area contributed by atoms with Crippen molar-refractivity contribution in [1.82, 2.24) is 10.2 Å². The number of hydrogen-bond donors (Lipinski definition) is 1. The highest BCUT2D eigenvalue weighted by atomic mass is 79.9. The van der Waals surface area contributed by atoms with Crippen molar-refractivity contribution in [3.63, 3.8) is 0 Å². The summed E-state index contributed by atoms with van der Waals surface area (Å²) in [6, 6.07) is 5.16. The number of hydrogen-bond acceptors (Lipinski definition) is 2. The summed E-state index contributed by atoms with van der Waals surface area (Å²) in [5.74, 6) is -0.0663. The maximum atomic E-state index is 11.9. The molecule has 3 nitrogen and oxygen atoms in total. The molecule has 0 aliphatic carbocycles. The summed E-state index contributed by atoms with van der Waals surface area (Å²) in [5.41, 5.74) is 0.618. The van der Waals surface area contributed by atoms with E-state index in [2.05, 4.69) is 26.1 Å². The van der Waals surface area contributed by atoms with Crippen LogP contribution in [-0.2, 0) is 0 Å². The Morgan fingerprint density at radius 3 is 2.72 bits per heavy atom. The largest absolute Gasteiger partial charge is 0.352 e. The molecule has 0 aromatic heterocycles. The molecule has 1 aromatic rings. The van der Waals surface area contributed by atoms with Gasteiger partial charge in [0.25, 0.3) is 5.91 Å².